The first kappa shape index (κ1) is 23.6. The van der Waals surface area contributed by atoms with Gasteiger partial charge < -0.3 is 10.1 Å². The van der Waals surface area contributed by atoms with Gasteiger partial charge in [0, 0.05) is 6.54 Å². The number of aryl methyl sites for hydroxylation is 1. The highest BCUT2D eigenvalue weighted by Gasteiger charge is 2.14. The molecule has 0 saturated carbocycles. The quantitative estimate of drug-likeness (QED) is 0.361. The second kappa shape index (κ2) is 11.0. The van der Waals surface area contributed by atoms with Crippen LogP contribution >= 0.6 is 11.8 Å². The van der Waals surface area contributed by atoms with Crippen molar-refractivity contribution in [3.8, 4) is 5.75 Å². The standard InChI is InChI=1S/C27H27N3O3S/c1-3-33-22-14-12-20(13-15-22)16-28-25(31)18-34-26-27(32)30(17-21-10-8-19(2)9-11-21)24-7-5-4-6-23(24)29-26/h4-15H,3,16-18H2,1-2H3,(H,28,31). The average Bonchev–Trinajstić information content (AvgIpc) is 2.85. The van der Waals surface area contributed by atoms with Gasteiger partial charge in [0.05, 0.1) is 29.9 Å². The van der Waals surface area contributed by atoms with Gasteiger partial charge >= 0.3 is 0 Å². The molecule has 0 unspecified atom stereocenters. The predicted molar refractivity (Wildman–Crippen MR) is 136 cm³/mol. The zero-order valence-electron chi connectivity index (χ0n) is 19.3. The van der Waals surface area contributed by atoms with Crippen LogP contribution in [0.1, 0.15) is 23.6 Å². The molecule has 0 spiro atoms. The zero-order chi connectivity index (χ0) is 23.9. The number of thioether (sulfide) groups is 1. The molecule has 34 heavy (non-hydrogen) atoms. The fourth-order valence-electron chi connectivity index (χ4n) is 3.55. The number of aromatic nitrogens is 2. The molecule has 1 aromatic heterocycles. The van der Waals surface area contributed by atoms with Crippen molar-refractivity contribution >= 4 is 28.7 Å². The lowest BCUT2D eigenvalue weighted by atomic mass is 10.1. The maximum Gasteiger partial charge on any atom is 0.283 e. The van der Waals surface area contributed by atoms with E-state index in [9.17, 15) is 9.59 Å². The summed E-state index contributed by atoms with van der Waals surface area (Å²) in [7, 11) is 0. The Kier molecular flexibility index (Phi) is 7.65. The van der Waals surface area contributed by atoms with E-state index in [4.69, 9.17) is 4.74 Å². The molecule has 0 fully saturated rings. The summed E-state index contributed by atoms with van der Waals surface area (Å²) < 4.78 is 7.17. The molecule has 3 aromatic carbocycles. The summed E-state index contributed by atoms with van der Waals surface area (Å²) in [6, 6.07) is 23.3. The molecular weight excluding hydrogens is 446 g/mol. The number of nitrogens with zero attached hydrogens (tertiary/aromatic N) is 2. The van der Waals surface area contributed by atoms with Crippen LogP contribution in [-0.2, 0) is 17.9 Å². The van der Waals surface area contributed by atoms with Crippen LogP contribution in [0, 0.1) is 6.92 Å². The van der Waals surface area contributed by atoms with Crippen molar-refractivity contribution in [3.05, 3.63) is 99.8 Å². The Morgan fingerprint density at radius 1 is 1.00 bits per heavy atom. The first-order valence-electron chi connectivity index (χ1n) is 11.2. The average molecular weight is 474 g/mol. The minimum Gasteiger partial charge on any atom is -0.494 e. The van der Waals surface area contributed by atoms with Crippen LogP contribution in [0.2, 0.25) is 0 Å². The van der Waals surface area contributed by atoms with Gasteiger partial charge in [0.2, 0.25) is 5.91 Å². The van der Waals surface area contributed by atoms with Crippen molar-refractivity contribution in [2.24, 2.45) is 0 Å². The largest absolute Gasteiger partial charge is 0.494 e. The number of hydrogen-bond acceptors (Lipinski definition) is 5. The topological polar surface area (TPSA) is 73.2 Å². The summed E-state index contributed by atoms with van der Waals surface area (Å²) in [6.07, 6.45) is 0. The van der Waals surface area contributed by atoms with E-state index in [1.54, 1.807) is 4.57 Å². The lowest BCUT2D eigenvalue weighted by molar-refractivity contribution is -0.118. The van der Waals surface area contributed by atoms with Gasteiger partial charge in [-0.1, -0.05) is 65.9 Å². The van der Waals surface area contributed by atoms with Gasteiger partial charge in [-0.05, 0) is 49.2 Å². The summed E-state index contributed by atoms with van der Waals surface area (Å²) in [5.41, 5.74) is 4.50. The Bertz CT molecular complexity index is 1330. The molecule has 0 atom stereocenters. The van der Waals surface area contributed by atoms with E-state index in [0.29, 0.717) is 24.7 Å². The number of nitrogens with one attached hydrogen (secondary N) is 1. The Balaban J connectivity index is 1.46. The number of para-hydroxylation sites is 2. The molecule has 0 bridgehead atoms. The molecule has 0 aliphatic rings. The molecular formula is C27H27N3O3S. The van der Waals surface area contributed by atoms with Gasteiger partial charge in [0.25, 0.3) is 5.56 Å². The molecule has 1 amide bonds. The number of fused-ring (bicyclic) bond motifs is 1. The van der Waals surface area contributed by atoms with Gasteiger partial charge in [-0.2, -0.15) is 0 Å². The number of amides is 1. The Labute approximate surface area is 203 Å². The lowest BCUT2D eigenvalue weighted by Crippen LogP contribution is -2.27. The second-order valence-corrected chi connectivity index (χ2v) is 8.89. The number of carbonyl (C=O) groups excluding carboxylic acids is 1. The maximum atomic E-state index is 13.3. The van der Waals surface area contributed by atoms with Crippen LogP contribution in [0.3, 0.4) is 0 Å². The summed E-state index contributed by atoms with van der Waals surface area (Å²) in [6.45, 7) is 5.44. The number of rotatable bonds is 9. The van der Waals surface area contributed by atoms with Gasteiger partial charge in [0.1, 0.15) is 5.75 Å². The Morgan fingerprint density at radius 3 is 2.44 bits per heavy atom. The fourth-order valence-corrected chi connectivity index (χ4v) is 4.32. The molecule has 0 radical (unpaired) electrons. The van der Waals surface area contributed by atoms with Crippen LogP contribution in [0.15, 0.2) is 82.6 Å². The summed E-state index contributed by atoms with van der Waals surface area (Å²) >= 11 is 1.16. The number of carbonyl (C=O) groups is 1. The first-order valence-corrected chi connectivity index (χ1v) is 12.2. The molecule has 7 heteroatoms. The van der Waals surface area contributed by atoms with Crippen molar-refractivity contribution in [1.82, 2.24) is 14.9 Å². The van der Waals surface area contributed by atoms with Crippen LogP contribution in [0.25, 0.3) is 11.0 Å². The SMILES string of the molecule is CCOc1ccc(CNC(=O)CSc2nc3ccccc3n(Cc3ccc(C)cc3)c2=O)cc1. The summed E-state index contributed by atoms with van der Waals surface area (Å²) in [5, 5.41) is 3.22. The number of hydrogen-bond donors (Lipinski definition) is 1. The predicted octanol–water partition coefficient (Wildman–Crippen LogP) is 4.56. The fraction of sp³-hybridized carbons (Fsp3) is 0.222. The molecule has 4 rings (SSSR count). The summed E-state index contributed by atoms with van der Waals surface area (Å²) in [4.78, 5) is 30.3. The smallest absolute Gasteiger partial charge is 0.283 e. The molecule has 0 saturated heterocycles. The van der Waals surface area contributed by atoms with Crippen LogP contribution in [0.4, 0.5) is 0 Å². The molecule has 174 valence electrons. The molecule has 4 aromatic rings. The molecule has 1 heterocycles. The van der Waals surface area contributed by atoms with Crippen LogP contribution < -0.4 is 15.6 Å². The van der Waals surface area contributed by atoms with E-state index in [-0.39, 0.29) is 17.2 Å². The molecule has 0 aliphatic carbocycles. The van der Waals surface area contributed by atoms with Gasteiger partial charge in [-0.25, -0.2) is 4.98 Å². The van der Waals surface area contributed by atoms with Crippen molar-refractivity contribution < 1.29 is 9.53 Å². The van der Waals surface area contributed by atoms with Crippen molar-refractivity contribution in [3.63, 3.8) is 0 Å². The van der Waals surface area contributed by atoms with Gasteiger partial charge in [-0.15, -0.1) is 0 Å². The summed E-state index contributed by atoms with van der Waals surface area (Å²) in [5.74, 6) is 0.762. The van der Waals surface area contributed by atoms with Crippen molar-refractivity contribution in [2.45, 2.75) is 32.0 Å². The number of benzene rings is 3. The van der Waals surface area contributed by atoms with Crippen LogP contribution in [-0.4, -0.2) is 27.8 Å². The van der Waals surface area contributed by atoms with Gasteiger partial charge in [0.15, 0.2) is 5.03 Å². The van der Waals surface area contributed by atoms with Crippen LogP contribution in [0.5, 0.6) is 5.75 Å². The van der Waals surface area contributed by atoms with E-state index >= 15 is 0 Å². The lowest BCUT2D eigenvalue weighted by Gasteiger charge is -2.12. The van der Waals surface area contributed by atoms with E-state index in [2.05, 4.69) is 10.3 Å². The molecule has 0 aliphatic heterocycles. The molecule has 1 N–H and O–H groups in total. The third-order valence-corrected chi connectivity index (χ3v) is 6.29. The van der Waals surface area contributed by atoms with E-state index in [0.717, 1.165) is 39.7 Å². The monoisotopic (exact) mass is 473 g/mol. The third-order valence-electron chi connectivity index (χ3n) is 5.35. The highest BCUT2D eigenvalue weighted by atomic mass is 32.2. The second-order valence-electron chi connectivity index (χ2n) is 7.92. The van der Waals surface area contributed by atoms with Crippen molar-refractivity contribution in [1.29, 1.82) is 0 Å². The van der Waals surface area contributed by atoms with E-state index in [1.165, 1.54) is 5.56 Å². The highest BCUT2D eigenvalue weighted by Crippen LogP contribution is 2.18. The molecule has 6 nitrogen and oxygen atoms in total. The Morgan fingerprint density at radius 2 is 1.71 bits per heavy atom. The zero-order valence-corrected chi connectivity index (χ0v) is 20.1. The minimum atomic E-state index is -0.191. The number of ether oxygens (including phenoxy) is 1. The Hall–Kier alpha value is -3.58. The van der Waals surface area contributed by atoms with E-state index in [1.807, 2.05) is 86.6 Å². The minimum absolute atomic E-state index is 0.113. The maximum absolute atomic E-state index is 13.3. The highest BCUT2D eigenvalue weighted by molar-refractivity contribution is 7.99. The van der Waals surface area contributed by atoms with Crippen molar-refractivity contribution in [2.75, 3.05) is 12.4 Å². The van der Waals surface area contributed by atoms with Gasteiger partial charge in [-0.3, -0.25) is 14.2 Å². The third kappa shape index (κ3) is 5.85. The van der Waals surface area contributed by atoms with E-state index < -0.39 is 0 Å². The first-order chi connectivity index (χ1) is 16.5. The normalized spacial score (nSPS) is 10.9.